The van der Waals surface area contributed by atoms with Crippen molar-refractivity contribution in [2.75, 3.05) is 0 Å². The van der Waals surface area contributed by atoms with Gasteiger partial charge in [0, 0.05) is 12.0 Å². The minimum Gasteiger partial charge on any atom is -0.461 e. The molecule has 1 amide bonds. The van der Waals surface area contributed by atoms with Crippen LogP contribution in [-0.2, 0) is 27.3 Å². The molecular formula is C30H30FN3O6. The van der Waals surface area contributed by atoms with Crippen molar-refractivity contribution in [3.8, 4) is 23.0 Å². The molecule has 1 atom stereocenters. The number of esters is 1. The molecule has 9 nitrogen and oxygen atoms in total. The molecule has 0 aliphatic heterocycles. The number of benzene rings is 3. The molecule has 0 saturated heterocycles. The number of rotatable bonds is 10. The van der Waals surface area contributed by atoms with Crippen LogP contribution in [0, 0.1) is 5.82 Å². The Morgan fingerprint density at radius 1 is 0.925 bits per heavy atom. The number of halogens is 1. The van der Waals surface area contributed by atoms with Crippen LogP contribution in [0.3, 0.4) is 0 Å². The number of nitrogens with zero attached hydrogens (tertiary/aromatic N) is 2. The zero-order valence-corrected chi connectivity index (χ0v) is 22.4. The van der Waals surface area contributed by atoms with Gasteiger partial charge in [-0.15, -0.1) is 10.2 Å². The van der Waals surface area contributed by atoms with Crippen molar-refractivity contribution in [2.24, 2.45) is 0 Å². The first-order chi connectivity index (χ1) is 19.1. The van der Waals surface area contributed by atoms with Gasteiger partial charge in [0.2, 0.25) is 11.8 Å². The van der Waals surface area contributed by atoms with E-state index in [0.29, 0.717) is 17.1 Å². The summed E-state index contributed by atoms with van der Waals surface area (Å²) >= 11 is 0. The number of amides is 1. The Labute approximate surface area is 231 Å². The highest BCUT2D eigenvalue weighted by atomic mass is 19.1. The molecule has 4 rings (SSSR count). The van der Waals surface area contributed by atoms with Gasteiger partial charge >= 0.3 is 12.1 Å². The molecule has 10 heteroatoms. The second kappa shape index (κ2) is 12.9. The number of carbonyl (C=O) groups is 2. The summed E-state index contributed by atoms with van der Waals surface area (Å²) in [6.45, 7) is 5.35. The summed E-state index contributed by atoms with van der Waals surface area (Å²) in [5, 5.41) is 10.9. The lowest BCUT2D eigenvalue weighted by Crippen LogP contribution is -2.41. The maximum absolute atomic E-state index is 13.1. The predicted molar refractivity (Wildman–Crippen MR) is 144 cm³/mol. The van der Waals surface area contributed by atoms with Gasteiger partial charge in [-0.05, 0) is 74.9 Å². The van der Waals surface area contributed by atoms with Crippen molar-refractivity contribution in [3.05, 3.63) is 96.1 Å². The summed E-state index contributed by atoms with van der Waals surface area (Å²) in [7, 11) is 0. The number of alkyl carbamates (subject to hydrolysis) is 1. The maximum Gasteiger partial charge on any atom is 0.407 e. The molecule has 1 N–H and O–H groups in total. The second-order valence-corrected chi connectivity index (χ2v) is 9.98. The van der Waals surface area contributed by atoms with Crippen LogP contribution in [0.25, 0.3) is 11.5 Å². The highest BCUT2D eigenvalue weighted by Gasteiger charge is 2.24. The van der Waals surface area contributed by atoms with Crippen LogP contribution in [0.4, 0.5) is 9.18 Å². The quantitative estimate of drug-likeness (QED) is 0.232. The second-order valence-electron chi connectivity index (χ2n) is 9.98. The van der Waals surface area contributed by atoms with E-state index in [1.54, 1.807) is 45.0 Å². The zero-order valence-electron chi connectivity index (χ0n) is 22.4. The van der Waals surface area contributed by atoms with Crippen molar-refractivity contribution < 1.29 is 32.6 Å². The van der Waals surface area contributed by atoms with Gasteiger partial charge in [-0.25, -0.2) is 9.18 Å². The largest absolute Gasteiger partial charge is 0.461 e. The third-order valence-electron chi connectivity index (χ3n) is 5.42. The number of nitrogens with one attached hydrogen (secondary N) is 1. The van der Waals surface area contributed by atoms with Crippen LogP contribution < -0.4 is 10.1 Å². The van der Waals surface area contributed by atoms with E-state index in [2.05, 4.69) is 15.5 Å². The molecule has 0 radical (unpaired) electrons. The van der Waals surface area contributed by atoms with E-state index in [1.165, 1.54) is 24.3 Å². The molecular weight excluding hydrogens is 517 g/mol. The van der Waals surface area contributed by atoms with E-state index in [-0.39, 0.29) is 37.0 Å². The molecule has 0 fully saturated rings. The number of aromatic nitrogens is 2. The molecule has 1 aromatic heterocycles. The van der Waals surface area contributed by atoms with E-state index in [0.717, 1.165) is 5.56 Å². The van der Waals surface area contributed by atoms with Crippen molar-refractivity contribution >= 4 is 12.1 Å². The zero-order chi connectivity index (χ0) is 28.5. The summed E-state index contributed by atoms with van der Waals surface area (Å²) in [4.78, 5) is 25.0. The summed E-state index contributed by atoms with van der Waals surface area (Å²) in [5.74, 6) is 0.680. The Balaban J connectivity index is 1.40. The van der Waals surface area contributed by atoms with E-state index < -0.39 is 23.7 Å². The Kier molecular flexibility index (Phi) is 9.11. The highest BCUT2D eigenvalue weighted by Crippen LogP contribution is 2.26. The molecule has 0 saturated carbocycles. The maximum atomic E-state index is 13.1. The SMILES string of the molecule is CC(C)(C)OC(=O)N[C@@H](CC(=O)OCc1ccccc1)Cc1nnc(-c2ccc(Oc3ccc(F)cc3)cc2)o1. The summed E-state index contributed by atoms with van der Waals surface area (Å²) in [6, 6.07) is 21.2. The van der Waals surface area contributed by atoms with Gasteiger partial charge in [0.05, 0.1) is 12.5 Å². The van der Waals surface area contributed by atoms with Crippen molar-refractivity contribution in [1.82, 2.24) is 15.5 Å². The molecule has 40 heavy (non-hydrogen) atoms. The Bertz CT molecular complexity index is 1400. The number of ether oxygens (including phenoxy) is 3. The van der Waals surface area contributed by atoms with Crippen molar-refractivity contribution in [2.45, 2.75) is 51.9 Å². The molecule has 0 unspecified atom stereocenters. The van der Waals surface area contributed by atoms with Gasteiger partial charge in [-0.1, -0.05) is 30.3 Å². The number of hydrogen-bond donors (Lipinski definition) is 1. The average Bonchev–Trinajstić information content (AvgIpc) is 3.37. The van der Waals surface area contributed by atoms with Crippen LogP contribution in [0.5, 0.6) is 11.5 Å². The van der Waals surface area contributed by atoms with E-state index in [9.17, 15) is 14.0 Å². The Morgan fingerprint density at radius 3 is 2.23 bits per heavy atom. The van der Waals surface area contributed by atoms with E-state index in [1.807, 2.05) is 30.3 Å². The normalized spacial score (nSPS) is 11.9. The predicted octanol–water partition coefficient (Wildman–Crippen LogP) is 6.24. The van der Waals surface area contributed by atoms with Crippen LogP contribution in [-0.4, -0.2) is 33.9 Å². The fourth-order valence-corrected chi connectivity index (χ4v) is 3.61. The van der Waals surface area contributed by atoms with E-state index >= 15 is 0 Å². The fraction of sp³-hybridized carbons (Fsp3) is 0.267. The monoisotopic (exact) mass is 547 g/mol. The molecule has 0 aliphatic rings. The topological polar surface area (TPSA) is 113 Å². The lowest BCUT2D eigenvalue weighted by molar-refractivity contribution is -0.145. The molecule has 0 spiro atoms. The molecule has 208 valence electrons. The van der Waals surface area contributed by atoms with Gasteiger partial charge in [-0.3, -0.25) is 4.79 Å². The summed E-state index contributed by atoms with van der Waals surface area (Å²) in [5.41, 5.74) is 0.777. The van der Waals surface area contributed by atoms with Gasteiger partial charge in [-0.2, -0.15) is 0 Å². The first-order valence-electron chi connectivity index (χ1n) is 12.7. The lowest BCUT2D eigenvalue weighted by Gasteiger charge is -2.22. The van der Waals surface area contributed by atoms with Gasteiger partial charge in [0.15, 0.2) is 0 Å². The Hall–Kier alpha value is -4.73. The van der Waals surface area contributed by atoms with Gasteiger partial charge < -0.3 is 23.9 Å². The molecule has 0 aliphatic carbocycles. The van der Waals surface area contributed by atoms with E-state index in [4.69, 9.17) is 18.6 Å². The number of carbonyl (C=O) groups excluding carboxylic acids is 2. The summed E-state index contributed by atoms with van der Waals surface area (Å²) in [6.07, 6.45) is -0.720. The summed E-state index contributed by atoms with van der Waals surface area (Å²) < 4.78 is 35.4. The minimum absolute atomic E-state index is 0.0818. The Morgan fingerprint density at radius 2 is 1.57 bits per heavy atom. The molecule has 3 aromatic carbocycles. The average molecular weight is 548 g/mol. The third kappa shape index (κ3) is 8.93. The van der Waals surface area contributed by atoms with Crippen LogP contribution >= 0.6 is 0 Å². The first-order valence-corrected chi connectivity index (χ1v) is 12.7. The fourth-order valence-electron chi connectivity index (χ4n) is 3.61. The van der Waals surface area contributed by atoms with Crippen LogP contribution in [0.15, 0.2) is 83.3 Å². The van der Waals surface area contributed by atoms with Crippen LogP contribution in [0.1, 0.15) is 38.6 Å². The standard InChI is InChI=1S/C30H30FN3O6/c1-30(2,3)40-29(36)32-23(18-27(35)37-19-20-7-5-4-6-8-20)17-26-33-34-28(39-26)21-9-13-24(14-10-21)38-25-15-11-22(31)12-16-25/h4-16,23H,17-19H2,1-3H3,(H,32,36)/t23-/m1/s1. The van der Waals surface area contributed by atoms with Crippen molar-refractivity contribution in [3.63, 3.8) is 0 Å². The third-order valence-corrected chi connectivity index (χ3v) is 5.42. The van der Waals surface area contributed by atoms with Gasteiger partial charge in [0.1, 0.15) is 29.5 Å². The highest BCUT2D eigenvalue weighted by molar-refractivity contribution is 5.73. The molecule has 1 heterocycles. The smallest absolute Gasteiger partial charge is 0.407 e. The first kappa shape index (κ1) is 28.3. The van der Waals surface area contributed by atoms with Crippen LogP contribution in [0.2, 0.25) is 0 Å². The van der Waals surface area contributed by atoms with Gasteiger partial charge in [0.25, 0.3) is 0 Å². The lowest BCUT2D eigenvalue weighted by atomic mass is 10.1. The number of hydrogen-bond acceptors (Lipinski definition) is 8. The molecule has 0 bridgehead atoms. The minimum atomic E-state index is -0.716. The molecule has 4 aromatic rings. The van der Waals surface area contributed by atoms with Crippen molar-refractivity contribution in [1.29, 1.82) is 0 Å².